The van der Waals surface area contributed by atoms with Crippen molar-refractivity contribution in [3.8, 4) is 5.00 Å². The van der Waals surface area contributed by atoms with Gasteiger partial charge in [-0.3, -0.25) is 19.3 Å². The zero-order valence-electron chi connectivity index (χ0n) is 21.1. The predicted octanol–water partition coefficient (Wildman–Crippen LogP) is 2.82. The molecule has 0 radical (unpaired) electrons. The molecule has 1 aromatic carbocycles. The largest absolute Gasteiger partial charge is 0.352 e. The van der Waals surface area contributed by atoms with Crippen molar-refractivity contribution < 1.29 is 4.79 Å². The van der Waals surface area contributed by atoms with E-state index in [1.165, 1.54) is 16.0 Å². The Kier molecular flexibility index (Phi) is 6.57. The summed E-state index contributed by atoms with van der Waals surface area (Å²) in [6, 6.07) is 8.17. The number of aryl methyl sites for hydroxylation is 3. The van der Waals surface area contributed by atoms with Gasteiger partial charge in [0.25, 0.3) is 0 Å². The quantitative estimate of drug-likeness (QED) is 0.594. The first kappa shape index (κ1) is 23.8. The second-order valence-electron chi connectivity index (χ2n) is 9.65. The summed E-state index contributed by atoms with van der Waals surface area (Å²) in [6.45, 7) is 13.0. The molecule has 184 valence electrons. The van der Waals surface area contributed by atoms with Crippen LogP contribution in [0.1, 0.15) is 44.8 Å². The van der Waals surface area contributed by atoms with Gasteiger partial charge < -0.3 is 10.2 Å². The maximum absolute atomic E-state index is 12.8. The molecule has 0 bridgehead atoms. The van der Waals surface area contributed by atoms with Gasteiger partial charge in [-0.2, -0.15) is 0 Å². The van der Waals surface area contributed by atoms with Crippen molar-refractivity contribution in [2.75, 3.05) is 46.3 Å². The monoisotopic (exact) mass is 491 g/mol. The third-order valence-electron chi connectivity index (χ3n) is 7.02. The summed E-state index contributed by atoms with van der Waals surface area (Å²) < 4.78 is 2.13. The van der Waals surface area contributed by atoms with Crippen LogP contribution in [0.5, 0.6) is 0 Å². The first-order valence-electron chi connectivity index (χ1n) is 12.2. The Morgan fingerprint density at radius 1 is 1.06 bits per heavy atom. The first-order valence-corrected chi connectivity index (χ1v) is 13.0. The fourth-order valence-corrected chi connectivity index (χ4v) is 5.93. The van der Waals surface area contributed by atoms with E-state index < -0.39 is 0 Å². The fraction of sp³-hybridized carbons (Fsp3) is 0.462. The van der Waals surface area contributed by atoms with Crippen LogP contribution in [-0.2, 0) is 4.79 Å². The number of aliphatic imine (C=N–C) groups is 1. The van der Waals surface area contributed by atoms with E-state index in [2.05, 4.69) is 82.0 Å². The van der Waals surface area contributed by atoms with Crippen molar-refractivity contribution >= 4 is 23.0 Å². The van der Waals surface area contributed by atoms with Crippen LogP contribution in [0.25, 0.3) is 5.00 Å². The van der Waals surface area contributed by atoms with Crippen molar-refractivity contribution in [3.63, 3.8) is 0 Å². The molecule has 3 aromatic rings. The average molecular weight is 492 g/mol. The highest BCUT2D eigenvalue weighted by Crippen LogP contribution is 2.38. The highest BCUT2D eigenvalue weighted by Gasteiger charge is 2.31. The lowest BCUT2D eigenvalue weighted by Gasteiger charge is -2.31. The molecule has 0 aliphatic carbocycles. The number of likely N-dealkylation sites (N-methyl/N-ethyl adjacent to an activating group) is 1. The Morgan fingerprint density at radius 2 is 1.77 bits per heavy atom. The number of benzene rings is 1. The summed E-state index contributed by atoms with van der Waals surface area (Å²) in [4.78, 5) is 23.8. The van der Waals surface area contributed by atoms with Crippen LogP contribution in [0, 0.1) is 27.7 Å². The molecule has 5 rings (SSSR count). The molecule has 35 heavy (non-hydrogen) atoms. The van der Waals surface area contributed by atoms with Gasteiger partial charge >= 0.3 is 0 Å². The van der Waals surface area contributed by atoms with Gasteiger partial charge in [-0.15, -0.1) is 21.5 Å². The first-order chi connectivity index (χ1) is 16.8. The zero-order chi connectivity index (χ0) is 24.7. The Bertz CT molecular complexity index is 1270. The molecule has 2 aliphatic rings. The lowest BCUT2D eigenvalue weighted by atomic mass is 9.99. The molecule has 8 nitrogen and oxygen atoms in total. The molecule has 4 heterocycles. The van der Waals surface area contributed by atoms with Crippen LogP contribution in [0.4, 0.5) is 0 Å². The smallest absolute Gasteiger partial charge is 0.234 e. The number of hydrogen-bond acceptors (Lipinski definition) is 7. The van der Waals surface area contributed by atoms with Gasteiger partial charge in [-0.05, 0) is 40.3 Å². The number of fused-ring (bicyclic) bond motifs is 3. The lowest BCUT2D eigenvalue weighted by molar-refractivity contribution is -0.122. The number of thiophene rings is 1. The van der Waals surface area contributed by atoms with E-state index in [9.17, 15) is 4.79 Å². The van der Waals surface area contributed by atoms with Crippen molar-refractivity contribution in [1.29, 1.82) is 0 Å². The van der Waals surface area contributed by atoms with E-state index in [1.807, 2.05) is 6.92 Å². The molecule has 0 saturated carbocycles. The van der Waals surface area contributed by atoms with Crippen LogP contribution >= 0.6 is 11.3 Å². The van der Waals surface area contributed by atoms with Crippen molar-refractivity contribution in [2.24, 2.45) is 4.99 Å². The van der Waals surface area contributed by atoms with E-state index >= 15 is 0 Å². The average Bonchev–Trinajstić information content (AvgIpc) is 3.31. The Morgan fingerprint density at radius 3 is 2.49 bits per heavy atom. The number of carbonyl (C=O) groups is 1. The van der Waals surface area contributed by atoms with E-state index in [1.54, 1.807) is 11.3 Å². The SMILES string of the molecule is Cc1ccc(C2=N[C@@H](CNC(=O)CN3CCN(C)CC3)c3nnc(C)n3-c3sc(C)c(C)c32)cc1. The van der Waals surface area contributed by atoms with Crippen LogP contribution < -0.4 is 5.32 Å². The summed E-state index contributed by atoms with van der Waals surface area (Å²) in [5, 5.41) is 13.2. The van der Waals surface area contributed by atoms with E-state index in [-0.39, 0.29) is 11.9 Å². The van der Waals surface area contributed by atoms with Crippen LogP contribution in [0.15, 0.2) is 29.3 Å². The summed E-state index contributed by atoms with van der Waals surface area (Å²) in [6.07, 6.45) is 0. The number of aromatic nitrogens is 3. The number of piperazine rings is 1. The minimum absolute atomic E-state index is 0.0236. The van der Waals surface area contributed by atoms with Gasteiger partial charge in [0.2, 0.25) is 5.91 Å². The van der Waals surface area contributed by atoms with E-state index in [0.29, 0.717) is 13.1 Å². The molecule has 2 aromatic heterocycles. The summed E-state index contributed by atoms with van der Waals surface area (Å²) >= 11 is 1.75. The van der Waals surface area contributed by atoms with Gasteiger partial charge in [0.15, 0.2) is 5.82 Å². The van der Waals surface area contributed by atoms with Crippen LogP contribution in [-0.4, -0.2) is 82.5 Å². The Labute approximate surface area is 210 Å². The third kappa shape index (κ3) is 4.68. The Hall–Kier alpha value is -2.88. The second-order valence-corrected chi connectivity index (χ2v) is 10.9. The maximum atomic E-state index is 12.8. The molecular weight excluding hydrogens is 458 g/mol. The minimum Gasteiger partial charge on any atom is -0.352 e. The number of carbonyl (C=O) groups excluding carboxylic acids is 1. The summed E-state index contributed by atoms with van der Waals surface area (Å²) in [7, 11) is 2.12. The van der Waals surface area contributed by atoms with E-state index in [4.69, 9.17) is 4.99 Å². The van der Waals surface area contributed by atoms with Crippen LogP contribution in [0.2, 0.25) is 0 Å². The third-order valence-corrected chi connectivity index (χ3v) is 8.21. The normalized spacial score (nSPS) is 18.5. The number of rotatable bonds is 5. The van der Waals surface area contributed by atoms with Crippen molar-refractivity contribution in [3.05, 3.63) is 63.0 Å². The minimum atomic E-state index is -0.330. The molecular formula is C26H33N7OS. The summed E-state index contributed by atoms with van der Waals surface area (Å²) in [5.74, 6) is 1.62. The molecule has 0 spiro atoms. The molecule has 9 heteroatoms. The van der Waals surface area contributed by atoms with Crippen molar-refractivity contribution in [2.45, 2.75) is 33.7 Å². The van der Waals surface area contributed by atoms with Crippen LogP contribution in [0.3, 0.4) is 0 Å². The standard InChI is InChI=1S/C26H33N7OS/c1-16-6-8-20(9-7-16)24-23-17(2)18(3)35-26(23)33-19(4)29-30-25(33)21(28-24)14-27-22(34)15-32-12-10-31(5)11-13-32/h6-9,21H,10-15H2,1-5H3,(H,27,34)/t21-/m0/s1. The van der Waals surface area contributed by atoms with Crippen molar-refractivity contribution in [1.82, 2.24) is 29.9 Å². The molecule has 1 N–H and O–H groups in total. The van der Waals surface area contributed by atoms with E-state index in [0.717, 1.165) is 59.7 Å². The highest BCUT2D eigenvalue weighted by atomic mass is 32.1. The summed E-state index contributed by atoms with van der Waals surface area (Å²) in [5.41, 5.74) is 5.59. The van der Waals surface area contributed by atoms with Gasteiger partial charge in [-0.1, -0.05) is 29.8 Å². The molecule has 0 unspecified atom stereocenters. The topological polar surface area (TPSA) is 78.7 Å². The second kappa shape index (κ2) is 9.64. The predicted molar refractivity (Wildman–Crippen MR) is 140 cm³/mol. The molecule has 2 aliphatic heterocycles. The number of amides is 1. The lowest BCUT2D eigenvalue weighted by Crippen LogP contribution is -2.48. The molecule has 1 fully saturated rings. The molecule has 1 saturated heterocycles. The maximum Gasteiger partial charge on any atom is 0.234 e. The molecule has 1 atom stereocenters. The van der Waals surface area contributed by atoms with Gasteiger partial charge in [0, 0.05) is 48.7 Å². The number of hydrogen-bond donors (Lipinski definition) is 1. The number of nitrogens with one attached hydrogen (secondary N) is 1. The highest BCUT2D eigenvalue weighted by molar-refractivity contribution is 7.15. The van der Waals surface area contributed by atoms with Gasteiger partial charge in [-0.25, -0.2) is 0 Å². The Balaban J connectivity index is 1.48. The molecule has 1 amide bonds. The number of nitrogens with zero attached hydrogens (tertiary/aromatic N) is 6. The van der Waals surface area contributed by atoms with Gasteiger partial charge in [0.1, 0.15) is 16.9 Å². The van der Waals surface area contributed by atoms with Gasteiger partial charge in [0.05, 0.1) is 12.3 Å². The fourth-order valence-electron chi connectivity index (χ4n) is 4.71. The zero-order valence-corrected chi connectivity index (χ0v) is 21.9.